The quantitative estimate of drug-likeness (QED) is 0.555. The Balaban J connectivity index is 2.98. The van der Waals surface area contributed by atoms with E-state index in [1.807, 2.05) is 0 Å². The SMILES string of the molecule is CN(C)Nc1ccncc1[N+](=O)[O-]. The van der Waals surface area contributed by atoms with E-state index >= 15 is 0 Å². The molecule has 1 aromatic rings. The van der Waals surface area contributed by atoms with Crippen LogP contribution in [0.4, 0.5) is 11.4 Å². The van der Waals surface area contributed by atoms with E-state index in [0.717, 1.165) is 0 Å². The molecule has 1 N–H and O–H groups in total. The van der Waals surface area contributed by atoms with Gasteiger partial charge in [-0.25, -0.2) is 5.01 Å². The first kappa shape index (κ1) is 9.40. The van der Waals surface area contributed by atoms with Crippen LogP contribution < -0.4 is 5.43 Å². The summed E-state index contributed by atoms with van der Waals surface area (Å²) >= 11 is 0. The van der Waals surface area contributed by atoms with Crippen molar-refractivity contribution in [3.8, 4) is 0 Å². The van der Waals surface area contributed by atoms with Gasteiger partial charge in [-0.1, -0.05) is 0 Å². The summed E-state index contributed by atoms with van der Waals surface area (Å²) in [5, 5.41) is 12.1. The average Bonchev–Trinajstić information content (AvgIpc) is 2.03. The van der Waals surface area contributed by atoms with Crippen molar-refractivity contribution >= 4 is 11.4 Å². The van der Waals surface area contributed by atoms with Gasteiger partial charge in [0.1, 0.15) is 11.9 Å². The topological polar surface area (TPSA) is 71.3 Å². The molecule has 0 aliphatic rings. The molecule has 0 fully saturated rings. The van der Waals surface area contributed by atoms with Crippen LogP contribution in [0.2, 0.25) is 0 Å². The molecule has 0 atom stereocenters. The van der Waals surface area contributed by atoms with Gasteiger partial charge in [-0.2, -0.15) is 0 Å². The largest absolute Gasteiger partial charge is 0.313 e. The Morgan fingerprint density at radius 1 is 1.62 bits per heavy atom. The zero-order chi connectivity index (χ0) is 9.84. The first-order chi connectivity index (χ1) is 6.11. The minimum absolute atomic E-state index is 0.0313. The molecule has 0 amide bonds. The van der Waals surface area contributed by atoms with Gasteiger partial charge in [0.05, 0.1) is 4.92 Å². The molecule has 70 valence electrons. The summed E-state index contributed by atoms with van der Waals surface area (Å²) < 4.78 is 0. The Morgan fingerprint density at radius 3 is 2.85 bits per heavy atom. The zero-order valence-corrected chi connectivity index (χ0v) is 7.39. The van der Waals surface area contributed by atoms with Crippen LogP contribution in [0.15, 0.2) is 18.5 Å². The van der Waals surface area contributed by atoms with E-state index in [2.05, 4.69) is 10.4 Å². The van der Waals surface area contributed by atoms with Crippen molar-refractivity contribution in [2.24, 2.45) is 0 Å². The summed E-state index contributed by atoms with van der Waals surface area (Å²) in [6.45, 7) is 0. The van der Waals surface area contributed by atoms with Gasteiger partial charge in [-0.3, -0.25) is 15.1 Å². The van der Waals surface area contributed by atoms with E-state index in [-0.39, 0.29) is 5.69 Å². The monoisotopic (exact) mass is 182 g/mol. The van der Waals surface area contributed by atoms with E-state index < -0.39 is 4.92 Å². The van der Waals surface area contributed by atoms with Crippen molar-refractivity contribution in [1.29, 1.82) is 0 Å². The van der Waals surface area contributed by atoms with Gasteiger partial charge < -0.3 is 5.43 Å². The van der Waals surface area contributed by atoms with Crippen molar-refractivity contribution in [2.45, 2.75) is 0 Å². The van der Waals surface area contributed by atoms with Gasteiger partial charge in [0.15, 0.2) is 0 Å². The highest BCUT2D eigenvalue weighted by Gasteiger charge is 2.12. The molecule has 0 aromatic carbocycles. The van der Waals surface area contributed by atoms with Gasteiger partial charge in [0, 0.05) is 20.3 Å². The minimum atomic E-state index is -0.473. The predicted octanol–water partition coefficient (Wildman–Crippen LogP) is 0.878. The Morgan fingerprint density at radius 2 is 2.31 bits per heavy atom. The molecule has 0 unspecified atom stereocenters. The van der Waals surface area contributed by atoms with Gasteiger partial charge in [0.2, 0.25) is 0 Å². The van der Waals surface area contributed by atoms with Crippen LogP contribution >= 0.6 is 0 Å². The third-order valence-electron chi connectivity index (χ3n) is 1.34. The lowest BCUT2D eigenvalue weighted by atomic mass is 10.3. The van der Waals surface area contributed by atoms with Crippen molar-refractivity contribution in [1.82, 2.24) is 9.99 Å². The van der Waals surface area contributed by atoms with E-state index in [1.54, 1.807) is 25.2 Å². The highest BCUT2D eigenvalue weighted by atomic mass is 16.6. The maximum absolute atomic E-state index is 10.5. The number of pyridine rings is 1. The fourth-order valence-corrected chi connectivity index (χ4v) is 0.867. The number of hydrogen-bond acceptors (Lipinski definition) is 5. The molecule has 1 aromatic heterocycles. The van der Waals surface area contributed by atoms with E-state index in [9.17, 15) is 10.1 Å². The number of nitrogens with zero attached hydrogens (tertiary/aromatic N) is 3. The molecule has 0 bridgehead atoms. The van der Waals surface area contributed by atoms with Crippen molar-refractivity contribution in [2.75, 3.05) is 19.5 Å². The minimum Gasteiger partial charge on any atom is -0.313 e. The molecule has 0 radical (unpaired) electrons. The standard InChI is InChI=1S/C7H10N4O2/c1-10(2)9-6-3-4-8-5-7(6)11(12)13/h3-5H,1-2H3,(H,8,9). The number of nitrogens with one attached hydrogen (secondary N) is 1. The molecular formula is C7H10N4O2. The summed E-state index contributed by atoms with van der Waals surface area (Å²) in [5.74, 6) is 0. The average molecular weight is 182 g/mol. The Kier molecular flexibility index (Phi) is 2.76. The van der Waals surface area contributed by atoms with Gasteiger partial charge in [-0.15, -0.1) is 0 Å². The molecule has 6 nitrogen and oxygen atoms in total. The summed E-state index contributed by atoms with van der Waals surface area (Å²) in [6.07, 6.45) is 2.71. The molecule has 0 aliphatic carbocycles. The van der Waals surface area contributed by atoms with Crippen LogP contribution in [0.1, 0.15) is 0 Å². The van der Waals surface area contributed by atoms with Crippen molar-refractivity contribution in [3.63, 3.8) is 0 Å². The maximum atomic E-state index is 10.5. The molecule has 13 heavy (non-hydrogen) atoms. The number of rotatable bonds is 3. The first-order valence-corrected chi connectivity index (χ1v) is 3.63. The molecule has 0 saturated carbocycles. The highest BCUT2D eigenvalue weighted by molar-refractivity contribution is 5.58. The van der Waals surface area contributed by atoms with E-state index in [4.69, 9.17) is 0 Å². The van der Waals surface area contributed by atoms with Crippen LogP contribution in [-0.4, -0.2) is 29.0 Å². The molecule has 0 aliphatic heterocycles. The summed E-state index contributed by atoms with van der Waals surface area (Å²) in [7, 11) is 3.51. The zero-order valence-electron chi connectivity index (χ0n) is 7.39. The van der Waals surface area contributed by atoms with Gasteiger partial charge >= 0.3 is 5.69 Å². The number of hydrogen-bond donors (Lipinski definition) is 1. The third-order valence-corrected chi connectivity index (χ3v) is 1.34. The second kappa shape index (κ2) is 3.81. The summed E-state index contributed by atoms with van der Waals surface area (Å²) in [5.41, 5.74) is 3.21. The summed E-state index contributed by atoms with van der Waals surface area (Å²) in [4.78, 5) is 13.7. The molecule has 0 saturated heterocycles. The highest BCUT2D eigenvalue weighted by Crippen LogP contribution is 2.21. The Labute approximate surface area is 75.3 Å². The van der Waals surface area contributed by atoms with Crippen LogP contribution in [0.25, 0.3) is 0 Å². The first-order valence-electron chi connectivity index (χ1n) is 3.63. The summed E-state index contributed by atoms with van der Waals surface area (Å²) in [6, 6.07) is 1.55. The van der Waals surface area contributed by atoms with Crippen LogP contribution in [0.5, 0.6) is 0 Å². The van der Waals surface area contributed by atoms with Crippen LogP contribution in [0, 0.1) is 10.1 Å². The number of aromatic nitrogens is 1. The number of nitro groups is 1. The van der Waals surface area contributed by atoms with Crippen molar-refractivity contribution in [3.05, 3.63) is 28.6 Å². The molecule has 1 rings (SSSR count). The van der Waals surface area contributed by atoms with E-state index in [1.165, 1.54) is 12.4 Å². The second-order valence-corrected chi connectivity index (χ2v) is 2.66. The molecule has 0 spiro atoms. The maximum Gasteiger partial charge on any atom is 0.311 e. The molecule has 6 heteroatoms. The van der Waals surface area contributed by atoms with E-state index in [0.29, 0.717) is 5.69 Å². The van der Waals surface area contributed by atoms with Crippen LogP contribution in [0.3, 0.4) is 0 Å². The fourth-order valence-electron chi connectivity index (χ4n) is 0.867. The smallest absolute Gasteiger partial charge is 0.311 e. The lowest BCUT2D eigenvalue weighted by Crippen LogP contribution is -2.20. The lowest BCUT2D eigenvalue weighted by Gasteiger charge is -2.12. The third kappa shape index (κ3) is 2.38. The normalized spacial score (nSPS) is 10.1. The van der Waals surface area contributed by atoms with Gasteiger partial charge in [-0.05, 0) is 6.07 Å². The predicted molar refractivity (Wildman–Crippen MR) is 48.2 cm³/mol. The lowest BCUT2D eigenvalue weighted by molar-refractivity contribution is -0.384. The van der Waals surface area contributed by atoms with Gasteiger partial charge in [0.25, 0.3) is 0 Å². The molecule has 1 heterocycles. The van der Waals surface area contributed by atoms with Crippen LogP contribution in [-0.2, 0) is 0 Å². The van der Waals surface area contributed by atoms with Crippen molar-refractivity contribution < 1.29 is 4.92 Å². The number of hydrazine groups is 1. The Bertz CT molecular complexity index is 313. The molecular weight excluding hydrogens is 172 g/mol. The second-order valence-electron chi connectivity index (χ2n) is 2.66. The Hall–Kier alpha value is -1.69. The fraction of sp³-hybridized carbons (Fsp3) is 0.286. The number of anilines is 1.